The van der Waals surface area contributed by atoms with Crippen LogP contribution in [0.3, 0.4) is 0 Å². The quantitative estimate of drug-likeness (QED) is 0.0700. The molecule has 5 aromatic rings. The molecular weight excluding hydrogens is 805 g/mol. The third-order valence-electron chi connectivity index (χ3n) is 10.6. The molecule has 5 aromatic carbocycles. The summed E-state index contributed by atoms with van der Waals surface area (Å²) in [5, 5.41) is -2.06. The van der Waals surface area contributed by atoms with Crippen LogP contribution in [0, 0.1) is 41.5 Å². The van der Waals surface area contributed by atoms with Crippen LogP contribution in [0.2, 0.25) is 0 Å². The maximum absolute atomic E-state index is 14.6. The molecule has 2 atom stereocenters. The molecule has 0 N–H and O–H groups in total. The zero-order valence-electron chi connectivity index (χ0n) is 35.7. The van der Waals surface area contributed by atoms with Gasteiger partial charge in [0, 0.05) is 0 Å². The van der Waals surface area contributed by atoms with Crippen molar-refractivity contribution >= 4 is 23.9 Å². The smallest absolute Gasteiger partial charge is 0.476 e. The van der Waals surface area contributed by atoms with E-state index in [1.54, 1.807) is 48.5 Å². The van der Waals surface area contributed by atoms with Crippen LogP contribution in [-0.4, -0.2) is 10.7 Å². The topological polar surface area (TPSA) is 116 Å². The van der Waals surface area contributed by atoms with Gasteiger partial charge in [-0.3, -0.25) is 9.13 Å². The van der Waals surface area contributed by atoms with Crippen molar-refractivity contribution in [3.8, 4) is 40.2 Å². The molecule has 316 valence electrons. The summed E-state index contributed by atoms with van der Waals surface area (Å²) in [7, 11) is -10.0. The second-order valence-electron chi connectivity index (χ2n) is 14.7. The Morgan fingerprint density at radius 1 is 0.424 bits per heavy atom. The summed E-state index contributed by atoms with van der Waals surface area (Å²) in [5.74, 6) is 2.73. The van der Waals surface area contributed by atoms with Crippen LogP contribution in [0.5, 0.6) is 40.2 Å². The highest BCUT2D eigenvalue weighted by Gasteiger charge is 2.40. The molecule has 0 aliphatic rings. The minimum absolute atomic E-state index is 0.161. The molecule has 0 saturated carbocycles. The van der Waals surface area contributed by atoms with Crippen LogP contribution in [0.15, 0.2) is 103 Å². The molecule has 0 spiro atoms. The Balaban J connectivity index is 1.34. The van der Waals surface area contributed by atoms with E-state index in [1.807, 2.05) is 124 Å². The van der Waals surface area contributed by atoms with Crippen LogP contribution in [0.4, 0.5) is 0 Å². The highest BCUT2D eigenvalue weighted by Crippen LogP contribution is 2.53. The van der Waals surface area contributed by atoms with Crippen molar-refractivity contribution in [2.45, 2.75) is 106 Å². The van der Waals surface area contributed by atoms with Gasteiger partial charge in [0.2, 0.25) is 0 Å². The SMILES string of the molecule is CCC(CC)(Oc1c(C)cccc1C)[PH](=O)Oc1ccc(OP(=O)(Oc2ccc(O[PH](=O)C(CC)(CC)Oc3c(C)cccc3C)cc2)Oc2c(C)cccc2C)cc1. The van der Waals surface area contributed by atoms with E-state index in [4.69, 9.17) is 32.1 Å². The highest BCUT2D eigenvalue weighted by atomic mass is 31.2. The number of phosphoric ester groups is 1. The first-order valence-corrected chi connectivity index (χ1v) is 24.1. The van der Waals surface area contributed by atoms with Gasteiger partial charge in [0.05, 0.1) is 0 Å². The van der Waals surface area contributed by atoms with Crippen LogP contribution >= 0.6 is 23.9 Å². The lowest BCUT2D eigenvalue weighted by Crippen LogP contribution is -2.32. The molecule has 0 amide bonds. The lowest BCUT2D eigenvalue weighted by atomic mass is 10.1. The molecule has 0 heterocycles. The molecule has 0 aliphatic heterocycles. The second kappa shape index (κ2) is 19.6. The Bertz CT molecular complexity index is 2110. The first-order chi connectivity index (χ1) is 28.1. The van der Waals surface area contributed by atoms with Gasteiger partial charge in [-0.1, -0.05) is 82.3 Å². The molecule has 0 saturated heterocycles. The molecule has 10 nitrogen and oxygen atoms in total. The fourth-order valence-electron chi connectivity index (χ4n) is 6.67. The van der Waals surface area contributed by atoms with Gasteiger partial charge in [0.15, 0.2) is 10.7 Å². The van der Waals surface area contributed by atoms with E-state index in [9.17, 15) is 13.7 Å². The molecule has 2 unspecified atom stereocenters. The summed E-state index contributed by atoms with van der Waals surface area (Å²) in [5.41, 5.74) is 5.28. The lowest BCUT2D eigenvalue weighted by molar-refractivity contribution is 0.133. The third-order valence-corrected chi connectivity index (χ3v) is 15.8. The molecule has 0 fully saturated rings. The van der Waals surface area contributed by atoms with Crippen molar-refractivity contribution in [2.75, 3.05) is 0 Å². The number of hydrogen-bond donors (Lipinski definition) is 0. The number of ether oxygens (including phenoxy) is 2. The van der Waals surface area contributed by atoms with Gasteiger partial charge in [0.25, 0.3) is 16.1 Å². The maximum Gasteiger partial charge on any atom is 0.647 e. The monoisotopic (exact) mass is 862 g/mol. The summed E-state index contributed by atoms with van der Waals surface area (Å²) in [6, 6.07) is 29.8. The Labute approximate surface area is 350 Å². The van der Waals surface area contributed by atoms with Gasteiger partial charge < -0.3 is 32.1 Å². The molecular formula is C46H57O10P3. The average Bonchev–Trinajstić information content (AvgIpc) is 3.21. The third kappa shape index (κ3) is 10.8. The molecule has 59 heavy (non-hydrogen) atoms. The molecule has 13 heteroatoms. The summed E-state index contributed by atoms with van der Waals surface area (Å²) in [4.78, 5) is 0. The zero-order valence-corrected chi connectivity index (χ0v) is 38.6. The van der Waals surface area contributed by atoms with Crippen molar-refractivity contribution in [1.82, 2.24) is 0 Å². The van der Waals surface area contributed by atoms with Crippen molar-refractivity contribution in [3.05, 3.63) is 137 Å². The predicted molar refractivity (Wildman–Crippen MR) is 237 cm³/mol. The van der Waals surface area contributed by atoms with E-state index in [0.29, 0.717) is 54.4 Å². The first-order valence-electron chi connectivity index (χ1n) is 20.0. The molecule has 5 rings (SSSR count). The van der Waals surface area contributed by atoms with Gasteiger partial charge >= 0.3 is 7.82 Å². The number of hydrogen-bond acceptors (Lipinski definition) is 10. The highest BCUT2D eigenvalue weighted by molar-refractivity contribution is 7.49. The van der Waals surface area contributed by atoms with Crippen LogP contribution in [0.1, 0.15) is 86.8 Å². The van der Waals surface area contributed by atoms with Crippen molar-refractivity contribution in [1.29, 1.82) is 0 Å². The molecule has 0 bridgehead atoms. The minimum Gasteiger partial charge on any atom is -0.476 e. The van der Waals surface area contributed by atoms with Gasteiger partial charge in [-0.2, -0.15) is 4.57 Å². The van der Waals surface area contributed by atoms with Crippen molar-refractivity contribution in [3.63, 3.8) is 0 Å². The average molecular weight is 863 g/mol. The van der Waals surface area contributed by atoms with Crippen LogP contribution < -0.4 is 32.1 Å². The maximum atomic E-state index is 14.6. The van der Waals surface area contributed by atoms with Gasteiger partial charge in [-0.05, 0) is 149 Å². The molecule has 0 radical (unpaired) electrons. The normalized spacial score (nSPS) is 13.7. The standard InChI is InChI=1S/C46H57O10P3/c1-11-45(12-2,50-42-32(5)18-15-19-33(42)6)57(47)52-38-24-28-40(29-25-38)54-59(49,56-44-36(9)22-17-23-37(44)10)55-41-30-26-39(27-31-41)53-58(48)46(13-3,14-4)51-43-34(7)20-16-21-35(43)8/h15-31,57-58H,11-14H2,1-10H3. The fraction of sp³-hybridized carbons (Fsp3) is 0.348. The van der Waals surface area contributed by atoms with E-state index in [0.717, 1.165) is 33.4 Å². The minimum atomic E-state index is -4.43. The number of benzene rings is 5. The van der Waals surface area contributed by atoms with Crippen LogP contribution in [-0.2, 0) is 13.7 Å². The predicted octanol–water partition coefficient (Wildman–Crippen LogP) is 14.1. The molecule has 0 aliphatic carbocycles. The van der Waals surface area contributed by atoms with E-state index in [2.05, 4.69) is 0 Å². The number of phosphoric acid groups is 1. The first kappa shape index (κ1) is 45.5. The second-order valence-corrected chi connectivity index (χ2v) is 19.5. The zero-order chi connectivity index (χ0) is 43.0. The van der Waals surface area contributed by atoms with Gasteiger partial charge in [-0.15, -0.1) is 0 Å². The summed E-state index contributed by atoms with van der Waals surface area (Å²) >= 11 is 0. The van der Waals surface area contributed by atoms with E-state index >= 15 is 0 Å². The summed E-state index contributed by atoms with van der Waals surface area (Å²) < 4.78 is 85.4. The Hall–Kier alpha value is -4.61. The number of rotatable bonds is 20. The van der Waals surface area contributed by atoms with Gasteiger partial charge in [-0.25, -0.2) is 0 Å². The Kier molecular flexibility index (Phi) is 15.1. The van der Waals surface area contributed by atoms with E-state index in [1.165, 1.54) is 0 Å². The number of para-hydroxylation sites is 3. The summed E-state index contributed by atoms with van der Waals surface area (Å²) in [6.07, 6.45) is 1.88. The lowest BCUT2D eigenvalue weighted by Gasteiger charge is -2.33. The van der Waals surface area contributed by atoms with Crippen LogP contribution in [0.25, 0.3) is 0 Å². The van der Waals surface area contributed by atoms with Crippen molar-refractivity contribution < 1.29 is 45.8 Å². The largest absolute Gasteiger partial charge is 0.647 e. The van der Waals surface area contributed by atoms with E-state index in [-0.39, 0.29) is 11.5 Å². The van der Waals surface area contributed by atoms with Gasteiger partial charge in [0.1, 0.15) is 40.2 Å². The fourth-order valence-corrected chi connectivity index (χ4v) is 10.6. The van der Waals surface area contributed by atoms with E-state index < -0.39 is 34.6 Å². The molecule has 0 aromatic heterocycles. The Morgan fingerprint density at radius 2 is 0.695 bits per heavy atom. The number of aryl methyl sites for hydroxylation is 6. The Morgan fingerprint density at radius 3 is 0.983 bits per heavy atom. The van der Waals surface area contributed by atoms with Crippen molar-refractivity contribution in [2.24, 2.45) is 0 Å². The summed E-state index contributed by atoms with van der Waals surface area (Å²) in [6.45, 7) is 19.3.